The van der Waals surface area contributed by atoms with Gasteiger partial charge in [0.05, 0.1) is 22.7 Å². The van der Waals surface area contributed by atoms with Crippen molar-refractivity contribution in [2.24, 2.45) is 0 Å². The molecule has 0 atom stereocenters. The van der Waals surface area contributed by atoms with Crippen LogP contribution in [0, 0.1) is 5.82 Å². The highest BCUT2D eigenvalue weighted by molar-refractivity contribution is 6.09. The van der Waals surface area contributed by atoms with E-state index in [2.05, 4.69) is 31.7 Å². The summed E-state index contributed by atoms with van der Waals surface area (Å²) in [4.78, 5) is 13.0. The number of para-hydroxylation sites is 1. The molecule has 3 aromatic carbocycles. The molecule has 0 spiro atoms. The van der Waals surface area contributed by atoms with Gasteiger partial charge < -0.3 is 9.84 Å². The van der Waals surface area contributed by atoms with Gasteiger partial charge in [-0.05, 0) is 30.3 Å². The Labute approximate surface area is 181 Å². The second-order valence-corrected chi connectivity index (χ2v) is 7.32. The fourth-order valence-corrected chi connectivity index (χ4v) is 3.96. The summed E-state index contributed by atoms with van der Waals surface area (Å²) in [6.07, 6.45) is 3.16. The average Bonchev–Trinajstić information content (AvgIpc) is 3.13. The average molecular weight is 422 g/mol. The first kappa shape index (κ1) is 18.3. The number of aromatic nitrogens is 4. The normalized spacial score (nSPS) is 11.4. The highest BCUT2D eigenvalue weighted by atomic mass is 19.1. The van der Waals surface area contributed by atoms with E-state index in [0.717, 1.165) is 33.7 Å². The molecule has 0 saturated carbocycles. The molecular weight excluding hydrogens is 407 g/mol. The van der Waals surface area contributed by atoms with Crippen LogP contribution in [-0.2, 0) is 0 Å². The van der Waals surface area contributed by atoms with E-state index in [1.54, 1.807) is 6.20 Å². The number of aromatic hydroxyl groups is 1. The third-order valence-corrected chi connectivity index (χ3v) is 5.32. The van der Waals surface area contributed by atoms with Crippen molar-refractivity contribution in [3.05, 3.63) is 91.0 Å². The molecule has 0 saturated heterocycles. The third-order valence-electron chi connectivity index (χ3n) is 5.32. The van der Waals surface area contributed by atoms with E-state index in [1.807, 2.05) is 48.5 Å². The molecule has 0 amide bonds. The molecule has 3 aromatic heterocycles. The van der Waals surface area contributed by atoms with Gasteiger partial charge >= 0.3 is 0 Å². The lowest BCUT2D eigenvalue weighted by Crippen LogP contribution is -1.96. The largest absolute Gasteiger partial charge is 0.505 e. The molecule has 32 heavy (non-hydrogen) atoms. The van der Waals surface area contributed by atoms with Crippen LogP contribution >= 0.6 is 0 Å². The van der Waals surface area contributed by atoms with Gasteiger partial charge in [-0.2, -0.15) is 0 Å². The van der Waals surface area contributed by atoms with E-state index >= 15 is 0 Å². The number of nitrogens with zero attached hydrogens (tertiary/aromatic N) is 4. The van der Waals surface area contributed by atoms with Gasteiger partial charge in [-0.25, -0.2) is 19.3 Å². The standard InChI is InChI=1S/C25H15FN4O2/c26-15-11-19-25(22(31)12-15)29-24(14-28-19)32-16-8-9-18-17-5-1-2-6-20(17)30(21(18)13-16)23-7-3-4-10-27-23/h1-14,31H. The van der Waals surface area contributed by atoms with Crippen molar-refractivity contribution < 1.29 is 14.2 Å². The summed E-state index contributed by atoms with van der Waals surface area (Å²) < 4.78 is 21.5. The number of pyridine rings is 1. The minimum absolute atomic E-state index is 0.174. The Morgan fingerprint density at radius 2 is 1.69 bits per heavy atom. The molecule has 0 unspecified atom stereocenters. The van der Waals surface area contributed by atoms with Crippen molar-refractivity contribution >= 4 is 32.8 Å². The number of fused-ring (bicyclic) bond motifs is 4. The van der Waals surface area contributed by atoms with E-state index in [4.69, 9.17) is 4.74 Å². The van der Waals surface area contributed by atoms with Crippen LogP contribution in [0.25, 0.3) is 38.7 Å². The number of hydrogen-bond donors (Lipinski definition) is 1. The second kappa shape index (κ2) is 7.02. The van der Waals surface area contributed by atoms with Crippen molar-refractivity contribution in [2.75, 3.05) is 0 Å². The summed E-state index contributed by atoms with van der Waals surface area (Å²) in [5, 5.41) is 12.2. The molecular formula is C25H15FN4O2. The molecule has 0 radical (unpaired) electrons. The summed E-state index contributed by atoms with van der Waals surface area (Å²) in [5.74, 6) is 0.676. The number of halogens is 1. The Bertz CT molecular complexity index is 1630. The topological polar surface area (TPSA) is 73.1 Å². The Hall–Kier alpha value is -4.52. The molecule has 7 heteroatoms. The lowest BCUT2D eigenvalue weighted by Gasteiger charge is -2.09. The van der Waals surface area contributed by atoms with Crippen molar-refractivity contribution in [3.8, 4) is 23.2 Å². The predicted octanol–water partition coefficient (Wildman–Crippen LogP) is 5.76. The first-order chi connectivity index (χ1) is 15.7. The summed E-state index contributed by atoms with van der Waals surface area (Å²) in [6, 6.07) is 21.9. The van der Waals surface area contributed by atoms with Crippen LogP contribution in [0.2, 0.25) is 0 Å². The van der Waals surface area contributed by atoms with Gasteiger partial charge in [-0.15, -0.1) is 0 Å². The van der Waals surface area contributed by atoms with Crippen LogP contribution in [0.5, 0.6) is 17.4 Å². The van der Waals surface area contributed by atoms with Crippen LogP contribution in [0.15, 0.2) is 85.2 Å². The van der Waals surface area contributed by atoms with Crippen molar-refractivity contribution in [2.45, 2.75) is 0 Å². The van der Waals surface area contributed by atoms with E-state index < -0.39 is 5.82 Å². The zero-order valence-corrected chi connectivity index (χ0v) is 16.6. The lowest BCUT2D eigenvalue weighted by molar-refractivity contribution is 0.456. The highest BCUT2D eigenvalue weighted by Gasteiger charge is 2.14. The number of rotatable bonds is 3. The van der Waals surface area contributed by atoms with Crippen LogP contribution < -0.4 is 4.74 Å². The van der Waals surface area contributed by atoms with E-state index in [-0.39, 0.29) is 22.7 Å². The quantitative estimate of drug-likeness (QED) is 0.393. The Morgan fingerprint density at radius 1 is 0.844 bits per heavy atom. The Balaban J connectivity index is 1.50. The molecule has 0 aliphatic heterocycles. The molecule has 0 aliphatic carbocycles. The van der Waals surface area contributed by atoms with Crippen molar-refractivity contribution in [1.29, 1.82) is 0 Å². The van der Waals surface area contributed by atoms with Gasteiger partial charge in [-0.3, -0.25) is 4.57 Å². The summed E-state index contributed by atoms with van der Waals surface area (Å²) in [7, 11) is 0. The van der Waals surface area contributed by atoms with Gasteiger partial charge in [0.1, 0.15) is 28.7 Å². The molecule has 154 valence electrons. The summed E-state index contributed by atoms with van der Waals surface area (Å²) >= 11 is 0. The molecule has 0 aliphatic rings. The van der Waals surface area contributed by atoms with Crippen molar-refractivity contribution in [3.63, 3.8) is 0 Å². The van der Waals surface area contributed by atoms with Crippen LogP contribution in [0.4, 0.5) is 4.39 Å². The minimum atomic E-state index is -0.578. The maximum atomic E-state index is 13.5. The second-order valence-electron chi connectivity index (χ2n) is 7.32. The van der Waals surface area contributed by atoms with Crippen LogP contribution in [-0.4, -0.2) is 24.6 Å². The Kier molecular flexibility index (Phi) is 4.01. The Morgan fingerprint density at radius 3 is 2.56 bits per heavy atom. The molecule has 0 bridgehead atoms. The van der Waals surface area contributed by atoms with E-state index in [9.17, 15) is 9.50 Å². The first-order valence-electron chi connectivity index (χ1n) is 9.95. The monoisotopic (exact) mass is 422 g/mol. The smallest absolute Gasteiger partial charge is 0.238 e. The molecule has 0 fully saturated rings. The van der Waals surface area contributed by atoms with Gasteiger partial charge in [0, 0.05) is 35.2 Å². The predicted molar refractivity (Wildman–Crippen MR) is 120 cm³/mol. The fourth-order valence-electron chi connectivity index (χ4n) is 3.96. The number of ether oxygens (including phenoxy) is 1. The molecule has 6 aromatic rings. The van der Waals surface area contributed by atoms with E-state index in [1.165, 1.54) is 12.3 Å². The van der Waals surface area contributed by atoms with Gasteiger partial charge in [0.25, 0.3) is 0 Å². The first-order valence-corrected chi connectivity index (χ1v) is 9.95. The summed E-state index contributed by atoms with van der Waals surface area (Å²) in [5.41, 5.74) is 2.39. The fraction of sp³-hybridized carbons (Fsp3) is 0. The molecule has 6 nitrogen and oxygen atoms in total. The van der Waals surface area contributed by atoms with Crippen molar-refractivity contribution in [1.82, 2.24) is 19.5 Å². The SMILES string of the molecule is Oc1cc(F)cc2ncc(Oc3ccc4c5ccccc5n(-c5ccccn5)c4c3)nc12. The summed E-state index contributed by atoms with van der Waals surface area (Å²) in [6.45, 7) is 0. The number of phenols is 1. The zero-order chi connectivity index (χ0) is 21.7. The van der Waals surface area contributed by atoms with Crippen LogP contribution in [0.1, 0.15) is 0 Å². The molecule has 6 rings (SSSR count). The zero-order valence-electron chi connectivity index (χ0n) is 16.6. The minimum Gasteiger partial charge on any atom is -0.505 e. The van der Waals surface area contributed by atoms with Gasteiger partial charge in [0.2, 0.25) is 5.88 Å². The lowest BCUT2D eigenvalue weighted by atomic mass is 10.1. The van der Waals surface area contributed by atoms with Gasteiger partial charge in [0.15, 0.2) is 0 Å². The number of benzene rings is 3. The molecule has 3 heterocycles. The van der Waals surface area contributed by atoms with Gasteiger partial charge in [-0.1, -0.05) is 24.3 Å². The third kappa shape index (κ3) is 2.91. The highest BCUT2D eigenvalue weighted by Crippen LogP contribution is 2.35. The molecule has 1 N–H and O–H groups in total. The van der Waals surface area contributed by atoms with Crippen LogP contribution in [0.3, 0.4) is 0 Å². The van der Waals surface area contributed by atoms with E-state index in [0.29, 0.717) is 5.75 Å². The maximum absolute atomic E-state index is 13.5. The number of hydrogen-bond acceptors (Lipinski definition) is 5. The number of phenolic OH excluding ortho intramolecular Hbond substituents is 1. The maximum Gasteiger partial charge on any atom is 0.238 e.